The van der Waals surface area contributed by atoms with Crippen molar-refractivity contribution in [1.29, 1.82) is 0 Å². The van der Waals surface area contributed by atoms with E-state index in [0.29, 0.717) is 18.2 Å². The molecule has 0 aliphatic carbocycles. The smallest absolute Gasteiger partial charge is 0.325 e. The van der Waals surface area contributed by atoms with Gasteiger partial charge in [-0.2, -0.15) is 0 Å². The highest BCUT2D eigenvalue weighted by Gasteiger charge is 2.28. The molecule has 0 bridgehead atoms. The Morgan fingerprint density at radius 2 is 2.06 bits per heavy atom. The number of halogens is 1. The Balaban J connectivity index is 2.56. The molecule has 0 atom stereocenters. The number of benzene rings is 1. The van der Waals surface area contributed by atoms with E-state index in [1.165, 1.54) is 0 Å². The lowest BCUT2D eigenvalue weighted by atomic mass is 10.1. The molecule has 0 aliphatic heterocycles. The Labute approximate surface area is 113 Å². The molecule has 4 heteroatoms. The summed E-state index contributed by atoms with van der Waals surface area (Å²) in [6.07, 6.45) is 0.826. The van der Waals surface area contributed by atoms with Crippen molar-refractivity contribution in [2.24, 2.45) is 0 Å². The van der Waals surface area contributed by atoms with Gasteiger partial charge in [-0.05, 0) is 31.9 Å². The first kappa shape index (κ1) is 15.0. The molecule has 1 N–H and O–H groups in total. The third-order valence-corrected chi connectivity index (χ3v) is 2.99. The van der Waals surface area contributed by atoms with Gasteiger partial charge in [-0.3, -0.25) is 10.1 Å². The number of nitrogens with one attached hydrogen (secondary N) is 1. The van der Waals surface area contributed by atoms with Crippen molar-refractivity contribution in [3.63, 3.8) is 0 Å². The highest BCUT2D eigenvalue weighted by atomic mass is 35.5. The lowest BCUT2D eigenvalue weighted by Gasteiger charge is -2.24. The minimum Gasteiger partial charge on any atom is -0.464 e. The maximum absolute atomic E-state index is 11.8. The predicted octanol–water partition coefficient (Wildman–Crippen LogP) is 3.16. The molecule has 0 amide bonds. The molecule has 0 heterocycles. The molecule has 1 aromatic rings. The Hall–Kier alpha value is -1.06. The number of carbonyl (C=O) groups excluding carboxylic acids is 1. The van der Waals surface area contributed by atoms with Gasteiger partial charge in [0.05, 0.1) is 6.61 Å². The molecule has 1 rings (SSSR count). The summed E-state index contributed by atoms with van der Waals surface area (Å²) in [5.74, 6) is -0.239. The number of ether oxygens (including phenoxy) is 1. The van der Waals surface area contributed by atoms with Crippen LogP contribution >= 0.6 is 11.6 Å². The van der Waals surface area contributed by atoms with Crippen molar-refractivity contribution >= 4 is 17.6 Å². The fourth-order valence-electron chi connectivity index (χ4n) is 1.41. The molecule has 0 spiro atoms. The average molecular weight is 270 g/mol. The van der Waals surface area contributed by atoms with Gasteiger partial charge in [-0.15, -0.1) is 0 Å². The molecular formula is C14H20ClNO2. The van der Waals surface area contributed by atoms with Crippen LogP contribution in [-0.4, -0.2) is 18.1 Å². The van der Waals surface area contributed by atoms with Gasteiger partial charge in [-0.25, -0.2) is 0 Å². The molecule has 1 aromatic carbocycles. The summed E-state index contributed by atoms with van der Waals surface area (Å²) >= 11 is 6.06. The fourth-order valence-corrected chi connectivity index (χ4v) is 1.61. The van der Waals surface area contributed by atoms with Crippen LogP contribution in [0.4, 0.5) is 0 Å². The molecule has 3 nitrogen and oxygen atoms in total. The summed E-state index contributed by atoms with van der Waals surface area (Å²) in [4.78, 5) is 11.8. The van der Waals surface area contributed by atoms with E-state index < -0.39 is 5.54 Å². The van der Waals surface area contributed by atoms with Crippen LogP contribution in [0.2, 0.25) is 5.02 Å². The second kappa shape index (κ2) is 6.76. The van der Waals surface area contributed by atoms with Gasteiger partial charge in [0.25, 0.3) is 0 Å². The van der Waals surface area contributed by atoms with E-state index in [1.807, 2.05) is 45.0 Å². The third-order valence-electron chi connectivity index (χ3n) is 2.63. The van der Waals surface area contributed by atoms with Crippen LogP contribution in [0.1, 0.15) is 32.8 Å². The van der Waals surface area contributed by atoms with Crippen LogP contribution in [0.25, 0.3) is 0 Å². The highest BCUT2D eigenvalue weighted by molar-refractivity contribution is 6.31. The summed E-state index contributed by atoms with van der Waals surface area (Å²) in [6.45, 7) is 6.57. The van der Waals surface area contributed by atoms with Crippen LogP contribution < -0.4 is 5.32 Å². The van der Waals surface area contributed by atoms with Gasteiger partial charge in [-0.1, -0.05) is 36.7 Å². The summed E-state index contributed by atoms with van der Waals surface area (Å²) in [5.41, 5.74) is 0.254. The molecule has 18 heavy (non-hydrogen) atoms. The van der Waals surface area contributed by atoms with E-state index in [4.69, 9.17) is 16.3 Å². The molecule has 0 aliphatic rings. The summed E-state index contributed by atoms with van der Waals surface area (Å²) in [7, 11) is 0. The largest absolute Gasteiger partial charge is 0.464 e. The quantitative estimate of drug-likeness (QED) is 0.806. The van der Waals surface area contributed by atoms with Crippen molar-refractivity contribution in [3.8, 4) is 0 Å². The summed E-state index contributed by atoms with van der Waals surface area (Å²) < 4.78 is 5.14. The number of rotatable bonds is 6. The van der Waals surface area contributed by atoms with Crippen LogP contribution in [0.3, 0.4) is 0 Å². The minimum absolute atomic E-state index is 0.239. The Morgan fingerprint density at radius 3 is 2.67 bits per heavy atom. The van der Waals surface area contributed by atoms with E-state index in [0.717, 1.165) is 12.0 Å². The lowest BCUT2D eigenvalue weighted by molar-refractivity contribution is -0.150. The van der Waals surface area contributed by atoms with Gasteiger partial charge in [0.15, 0.2) is 0 Å². The van der Waals surface area contributed by atoms with Crippen molar-refractivity contribution in [2.75, 3.05) is 6.61 Å². The van der Waals surface area contributed by atoms with E-state index in [-0.39, 0.29) is 5.97 Å². The number of carbonyl (C=O) groups is 1. The van der Waals surface area contributed by atoms with E-state index in [1.54, 1.807) is 0 Å². The predicted molar refractivity (Wildman–Crippen MR) is 73.6 cm³/mol. The van der Waals surface area contributed by atoms with Crippen molar-refractivity contribution in [2.45, 2.75) is 39.3 Å². The van der Waals surface area contributed by atoms with Crippen molar-refractivity contribution < 1.29 is 9.53 Å². The molecule has 0 saturated carbocycles. The second-order valence-corrected chi connectivity index (χ2v) is 5.11. The van der Waals surface area contributed by atoms with Gasteiger partial charge in [0.2, 0.25) is 0 Å². The maximum Gasteiger partial charge on any atom is 0.325 e. The van der Waals surface area contributed by atoms with Gasteiger partial charge >= 0.3 is 5.97 Å². The Kier molecular flexibility index (Phi) is 5.63. The third kappa shape index (κ3) is 4.31. The standard InChI is InChI=1S/C14H20ClNO2/c1-4-9-18-13(17)14(2,3)16-10-11-7-5-6-8-12(11)15/h5-8,16H,4,9-10H2,1-3H3. The molecular weight excluding hydrogens is 250 g/mol. The Bertz CT molecular complexity index is 405. The maximum atomic E-state index is 11.8. The Morgan fingerprint density at radius 1 is 1.39 bits per heavy atom. The highest BCUT2D eigenvalue weighted by Crippen LogP contribution is 2.16. The molecule has 100 valence electrons. The van der Waals surface area contributed by atoms with Crippen molar-refractivity contribution in [3.05, 3.63) is 34.9 Å². The average Bonchev–Trinajstić information content (AvgIpc) is 2.35. The molecule has 0 unspecified atom stereocenters. The topological polar surface area (TPSA) is 38.3 Å². The zero-order valence-corrected chi connectivity index (χ0v) is 11.9. The van der Waals surface area contributed by atoms with Gasteiger partial charge in [0, 0.05) is 11.6 Å². The monoisotopic (exact) mass is 269 g/mol. The van der Waals surface area contributed by atoms with Crippen LogP contribution in [0, 0.1) is 0 Å². The second-order valence-electron chi connectivity index (χ2n) is 4.71. The molecule has 0 radical (unpaired) electrons. The summed E-state index contributed by atoms with van der Waals surface area (Å²) in [5, 5.41) is 3.86. The zero-order chi connectivity index (χ0) is 13.6. The molecule has 0 fully saturated rings. The first-order valence-corrected chi connectivity index (χ1v) is 6.51. The minimum atomic E-state index is -0.714. The first-order valence-electron chi connectivity index (χ1n) is 6.13. The normalized spacial score (nSPS) is 11.3. The van der Waals surface area contributed by atoms with Crippen LogP contribution in [0.15, 0.2) is 24.3 Å². The van der Waals surface area contributed by atoms with Crippen molar-refractivity contribution in [1.82, 2.24) is 5.32 Å². The van der Waals surface area contributed by atoms with Crippen LogP contribution in [-0.2, 0) is 16.1 Å². The number of esters is 1. The summed E-state index contributed by atoms with van der Waals surface area (Å²) in [6, 6.07) is 7.57. The van der Waals surface area contributed by atoms with Gasteiger partial charge < -0.3 is 4.74 Å². The molecule has 0 aromatic heterocycles. The van der Waals surface area contributed by atoms with E-state index in [2.05, 4.69) is 5.32 Å². The first-order chi connectivity index (χ1) is 8.47. The SMILES string of the molecule is CCCOC(=O)C(C)(C)NCc1ccccc1Cl. The molecule has 0 saturated heterocycles. The number of hydrogen-bond donors (Lipinski definition) is 1. The van der Waals surface area contributed by atoms with Gasteiger partial charge in [0.1, 0.15) is 5.54 Å². The van der Waals surface area contributed by atoms with E-state index >= 15 is 0 Å². The fraction of sp³-hybridized carbons (Fsp3) is 0.500. The number of hydrogen-bond acceptors (Lipinski definition) is 3. The van der Waals surface area contributed by atoms with Crippen LogP contribution in [0.5, 0.6) is 0 Å². The zero-order valence-electron chi connectivity index (χ0n) is 11.1. The lowest BCUT2D eigenvalue weighted by Crippen LogP contribution is -2.47. The van der Waals surface area contributed by atoms with E-state index in [9.17, 15) is 4.79 Å².